The summed E-state index contributed by atoms with van der Waals surface area (Å²) >= 11 is 0. The summed E-state index contributed by atoms with van der Waals surface area (Å²) in [5.41, 5.74) is 0. The second-order valence-electron chi connectivity index (χ2n) is 3.64. The van der Waals surface area contributed by atoms with Crippen LogP contribution >= 0.6 is 0 Å². The molecule has 2 N–H and O–H groups in total. The molecule has 2 amide bonds. The van der Waals surface area contributed by atoms with Gasteiger partial charge in [0.25, 0.3) is 0 Å². The summed E-state index contributed by atoms with van der Waals surface area (Å²) in [7, 11) is 0. The van der Waals surface area contributed by atoms with Crippen LogP contribution in [-0.4, -0.2) is 43.3 Å². The number of esters is 2. The molecule has 0 aromatic carbocycles. The Morgan fingerprint density at radius 1 is 1.00 bits per heavy atom. The first-order chi connectivity index (χ1) is 7.66. The van der Waals surface area contributed by atoms with Gasteiger partial charge in [0, 0.05) is 12.8 Å². The molecule has 2 atom stereocenters. The predicted octanol–water partition coefficient (Wildman–Crippen LogP) is -1.08. The third-order valence-corrected chi connectivity index (χ3v) is 2.48. The van der Waals surface area contributed by atoms with E-state index in [-0.39, 0.29) is 0 Å². The van der Waals surface area contributed by atoms with Crippen LogP contribution in [0.25, 0.3) is 0 Å². The molecule has 0 aromatic heterocycles. The van der Waals surface area contributed by atoms with Crippen molar-refractivity contribution in [3.63, 3.8) is 0 Å². The third-order valence-electron chi connectivity index (χ3n) is 2.48. The van der Waals surface area contributed by atoms with Gasteiger partial charge in [0.15, 0.2) is 0 Å². The molecule has 7 nitrogen and oxygen atoms in total. The Balaban J connectivity index is 1.79. The van der Waals surface area contributed by atoms with Crippen molar-refractivity contribution in [3.8, 4) is 0 Å². The average Bonchev–Trinajstić information content (AvgIpc) is 2.79. The van der Waals surface area contributed by atoms with Gasteiger partial charge >= 0.3 is 18.0 Å². The Bertz CT molecular complexity index is 300. The normalized spacial score (nSPS) is 28.5. The summed E-state index contributed by atoms with van der Waals surface area (Å²) < 4.78 is 9.37. The van der Waals surface area contributed by atoms with Gasteiger partial charge in [-0.15, -0.1) is 0 Å². The van der Waals surface area contributed by atoms with Gasteiger partial charge in [-0.3, -0.25) is 0 Å². The summed E-state index contributed by atoms with van der Waals surface area (Å²) in [5.74, 6) is -0.881. The van der Waals surface area contributed by atoms with Crippen LogP contribution in [0.5, 0.6) is 0 Å². The minimum absolute atomic E-state index is 0.315. The Morgan fingerprint density at radius 2 is 1.44 bits per heavy atom. The zero-order valence-electron chi connectivity index (χ0n) is 8.52. The van der Waals surface area contributed by atoms with E-state index in [1.165, 1.54) is 0 Å². The van der Waals surface area contributed by atoms with E-state index in [9.17, 15) is 14.4 Å². The summed E-state index contributed by atoms with van der Waals surface area (Å²) in [5, 5.41) is 4.89. The molecule has 2 heterocycles. The lowest BCUT2D eigenvalue weighted by Gasteiger charge is -2.12. The first-order valence-corrected chi connectivity index (χ1v) is 5.07. The van der Waals surface area contributed by atoms with E-state index in [1.807, 2.05) is 0 Å². The highest BCUT2D eigenvalue weighted by atomic mass is 16.5. The zero-order valence-corrected chi connectivity index (χ0v) is 8.52. The fourth-order valence-corrected chi connectivity index (χ4v) is 1.61. The molecule has 2 unspecified atom stereocenters. The highest BCUT2D eigenvalue weighted by molar-refractivity contribution is 5.88. The van der Waals surface area contributed by atoms with Crippen molar-refractivity contribution in [3.05, 3.63) is 0 Å². The van der Waals surface area contributed by atoms with Crippen molar-refractivity contribution < 1.29 is 23.9 Å². The third kappa shape index (κ3) is 2.23. The Morgan fingerprint density at radius 3 is 1.75 bits per heavy atom. The molecule has 2 rings (SSSR count). The molecular weight excluding hydrogens is 216 g/mol. The van der Waals surface area contributed by atoms with Crippen molar-refractivity contribution in [2.75, 3.05) is 13.2 Å². The zero-order chi connectivity index (χ0) is 11.5. The fraction of sp³-hybridized carbons (Fsp3) is 0.667. The number of amides is 2. The lowest BCUT2D eigenvalue weighted by Crippen LogP contribution is -2.48. The molecule has 0 saturated carbocycles. The standard InChI is InChI=1S/C9H12N2O5/c12-7-5(1-3-15-7)10-9(14)11-6-2-4-16-8(6)13/h5-6H,1-4H2,(H2,10,11,14). The average molecular weight is 228 g/mol. The van der Waals surface area contributed by atoms with Crippen LogP contribution in [0.3, 0.4) is 0 Å². The van der Waals surface area contributed by atoms with E-state index in [4.69, 9.17) is 0 Å². The van der Waals surface area contributed by atoms with Gasteiger partial charge in [-0.25, -0.2) is 14.4 Å². The number of hydrogen-bond acceptors (Lipinski definition) is 5. The summed E-state index contributed by atoms with van der Waals surface area (Å²) in [6.07, 6.45) is 0.919. The topological polar surface area (TPSA) is 93.7 Å². The van der Waals surface area contributed by atoms with Gasteiger partial charge in [-0.05, 0) is 0 Å². The summed E-state index contributed by atoms with van der Waals surface area (Å²) in [6.45, 7) is 0.629. The van der Waals surface area contributed by atoms with Crippen LogP contribution in [0.15, 0.2) is 0 Å². The molecule has 0 bridgehead atoms. The molecule has 2 aliphatic heterocycles. The second kappa shape index (κ2) is 4.38. The van der Waals surface area contributed by atoms with E-state index < -0.39 is 30.1 Å². The van der Waals surface area contributed by atoms with E-state index in [0.717, 1.165) is 0 Å². The monoisotopic (exact) mass is 228 g/mol. The highest BCUT2D eigenvalue weighted by Gasteiger charge is 2.31. The number of hydrogen-bond donors (Lipinski definition) is 2. The molecule has 2 aliphatic rings. The van der Waals surface area contributed by atoms with E-state index in [2.05, 4.69) is 20.1 Å². The van der Waals surface area contributed by atoms with Crippen molar-refractivity contribution >= 4 is 18.0 Å². The fourth-order valence-electron chi connectivity index (χ4n) is 1.61. The quantitative estimate of drug-likeness (QED) is 0.586. The first kappa shape index (κ1) is 10.7. The lowest BCUT2D eigenvalue weighted by molar-refractivity contribution is -0.140. The van der Waals surface area contributed by atoms with Gasteiger partial charge < -0.3 is 20.1 Å². The molecule has 2 saturated heterocycles. The number of rotatable bonds is 2. The minimum Gasteiger partial charge on any atom is -0.464 e. The smallest absolute Gasteiger partial charge is 0.328 e. The number of nitrogens with one attached hydrogen (secondary N) is 2. The lowest BCUT2D eigenvalue weighted by atomic mass is 10.2. The maximum atomic E-state index is 11.4. The molecule has 0 radical (unpaired) electrons. The maximum Gasteiger partial charge on any atom is 0.328 e. The predicted molar refractivity (Wildman–Crippen MR) is 50.4 cm³/mol. The van der Waals surface area contributed by atoms with Gasteiger partial charge in [-0.2, -0.15) is 0 Å². The number of carbonyl (C=O) groups is 3. The van der Waals surface area contributed by atoms with Crippen LogP contribution < -0.4 is 10.6 Å². The molecular formula is C9H12N2O5. The summed E-state index contributed by atoms with van der Waals surface area (Å²) in [6, 6.07) is -1.78. The number of urea groups is 1. The molecule has 0 aromatic rings. The molecule has 2 fully saturated rings. The van der Waals surface area contributed by atoms with Crippen LogP contribution in [0.1, 0.15) is 12.8 Å². The van der Waals surface area contributed by atoms with Crippen molar-refractivity contribution in [1.82, 2.24) is 10.6 Å². The highest BCUT2D eigenvalue weighted by Crippen LogP contribution is 2.07. The van der Waals surface area contributed by atoms with Crippen LogP contribution in [0, 0.1) is 0 Å². The largest absolute Gasteiger partial charge is 0.464 e. The van der Waals surface area contributed by atoms with Crippen LogP contribution in [0.4, 0.5) is 4.79 Å². The Kier molecular flexibility index (Phi) is 2.93. The maximum absolute atomic E-state index is 11.4. The van der Waals surface area contributed by atoms with Gasteiger partial charge in [0.2, 0.25) is 0 Å². The van der Waals surface area contributed by atoms with Gasteiger partial charge in [0.1, 0.15) is 12.1 Å². The summed E-state index contributed by atoms with van der Waals surface area (Å²) in [4.78, 5) is 33.5. The van der Waals surface area contributed by atoms with E-state index >= 15 is 0 Å². The molecule has 88 valence electrons. The molecule has 0 spiro atoms. The number of carbonyl (C=O) groups excluding carboxylic acids is 3. The van der Waals surface area contributed by atoms with Gasteiger partial charge in [-0.1, -0.05) is 0 Å². The van der Waals surface area contributed by atoms with Crippen molar-refractivity contribution in [2.24, 2.45) is 0 Å². The van der Waals surface area contributed by atoms with Crippen molar-refractivity contribution in [1.29, 1.82) is 0 Å². The number of ether oxygens (including phenoxy) is 2. The first-order valence-electron chi connectivity index (χ1n) is 5.07. The minimum atomic E-state index is -0.613. The second-order valence-corrected chi connectivity index (χ2v) is 3.64. The van der Waals surface area contributed by atoms with Gasteiger partial charge in [0.05, 0.1) is 13.2 Å². The van der Waals surface area contributed by atoms with E-state index in [1.54, 1.807) is 0 Å². The van der Waals surface area contributed by atoms with E-state index in [0.29, 0.717) is 26.1 Å². The number of cyclic esters (lactones) is 2. The molecule has 0 aliphatic carbocycles. The van der Waals surface area contributed by atoms with Crippen molar-refractivity contribution in [2.45, 2.75) is 24.9 Å². The molecule has 16 heavy (non-hydrogen) atoms. The Labute approximate surface area is 91.5 Å². The van der Waals surface area contributed by atoms with Crippen LogP contribution in [-0.2, 0) is 19.1 Å². The Hall–Kier alpha value is -1.79. The SMILES string of the molecule is O=C(NC1CCOC1=O)NC1CCOC1=O. The van der Waals surface area contributed by atoms with Crippen LogP contribution in [0.2, 0.25) is 0 Å². The molecule has 7 heteroatoms.